The van der Waals surface area contributed by atoms with Crippen LogP contribution in [-0.2, 0) is 10.0 Å². The summed E-state index contributed by atoms with van der Waals surface area (Å²) in [4.78, 5) is 12.5. The summed E-state index contributed by atoms with van der Waals surface area (Å²) in [6, 6.07) is 11.6. The van der Waals surface area contributed by atoms with E-state index in [2.05, 4.69) is 4.72 Å². The molecule has 6 heteroatoms. The lowest BCUT2D eigenvalue weighted by atomic mass is 10.2. The number of rotatable bonds is 5. The first-order valence-corrected chi connectivity index (χ1v) is 8.69. The van der Waals surface area contributed by atoms with Gasteiger partial charge in [-0.3, -0.25) is 4.79 Å². The maximum Gasteiger partial charge on any atom is 0.268 e. The van der Waals surface area contributed by atoms with Crippen molar-refractivity contribution in [3.05, 3.63) is 59.2 Å². The second-order valence-electron chi connectivity index (χ2n) is 5.13. The third kappa shape index (κ3) is 3.90. The van der Waals surface area contributed by atoms with Gasteiger partial charge in [0.2, 0.25) is 0 Å². The van der Waals surface area contributed by atoms with Crippen LogP contribution in [0.3, 0.4) is 0 Å². The van der Waals surface area contributed by atoms with Crippen molar-refractivity contribution in [2.45, 2.75) is 25.7 Å². The predicted molar refractivity (Wildman–Crippen MR) is 88.2 cm³/mol. The van der Waals surface area contributed by atoms with Crippen molar-refractivity contribution in [1.29, 1.82) is 0 Å². The van der Waals surface area contributed by atoms with Gasteiger partial charge in [-0.25, -0.2) is 13.1 Å². The van der Waals surface area contributed by atoms with Gasteiger partial charge in [0.25, 0.3) is 15.9 Å². The lowest BCUT2D eigenvalue weighted by Crippen LogP contribution is -2.31. The van der Waals surface area contributed by atoms with Gasteiger partial charge in [-0.15, -0.1) is 0 Å². The first-order chi connectivity index (χ1) is 10.8. The summed E-state index contributed by atoms with van der Waals surface area (Å²) in [7, 11) is -3.95. The largest absolute Gasteiger partial charge is 0.493 e. The zero-order chi connectivity index (χ0) is 17.0. The van der Waals surface area contributed by atoms with E-state index in [1.54, 1.807) is 51.1 Å². The van der Waals surface area contributed by atoms with Gasteiger partial charge in [0.1, 0.15) is 5.75 Å². The van der Waals surface area contributed by atoms with Crippen molar-refractivity contribution < 1.29 is 17.9 Å². The predicted octanol–water partition coefficient (Wildman–Crippen LogP) is 2.82. The number of hydrogen-bond donors (Lipinski definition) is 1. The fourth-order valence-corrected chi connectivity index (χ4v) is 3.46. The first kappa shape index (κ1) is 17.0. The molecule has 2 aromatic carbocycles. The Morgan fingerprint density at radius 2 is 1.83 bits per heavy atom. The molecule has 0 aromatic heterocycles. The molecule has 23 heavy (non-hydrogen) atoms. The Labute approximate surface area is 136 Å². The monoisotopic (exact) mass is 333 g/mol. The number of carbonyl (C=O) groups excluding carboxylic acids is 1. The van der Waals surface area contributed by atoms with Gasteiger partial charge < -0.3 is 4.74 Å². The summed E-state index contributed by atoms with van der Waals surface area (Å²) in [6.07, 6.45) is 0. The first-order valence-electron chi connectivity index (χ1n) is 7.21. The second-order valence-corrected chi connectivity index (χ2v) is 6.78. The van der Waals surface area contributed by atoms with Gasteiger partial charge in [-0.2, -0.15) is 0 Å². The van der Waals surface area contributed by atoms with E-state index in [0.717, 1.165) is 5.56 Å². The van der Waals surface area contributed by atoms with Crippen molar-refractivity contribution in [2.75, 3.05) is 6.61 Å². The van der Waals surface area contributed by atoms with Crippen LogP contribution in [0, 0.1) is 13.8 Å². The average molecular weight is 333 g/mol. The van der Waals surface area contributed by atoms with Gasteiger partial charge in [0, 0.05) is 0 Å². The molecule has 0 aliphatic carbocycles. The van der Waals surface area contributed by atoms with Gasteiger partial charge in [-0.1, -0.05) is 24.3 Å². The van der Waals surface area contributed by atoms with E-state index in [1.807, 2.05) is 6.07 Å². The van der Waals surface area contributed by atoms with Crippen LogP contribution in [0.4, 0.5) is 0 Å². The summed E-state index contributed by atoms with van der Waals surface area (Å²) < 4.78 is 32.4. The van der Waals surface area contributed by atoms with Crippen molar-refractivity contribution in [2.24, 2.45) is 0 Å². The maximum absolute atomic E-state index is 12.5. The highest BCUT2D eigenvalue weighted by Crippen LogP contribution is 2.20. The summed E-state index contributed by atoms with van der Waals surface area (Å²) in [5.74, 6) is -0.362. The summed E-state index contributed by atoms with van der Waals surface area (Å²) in [5, 5.41) is 0. The molecule has 0 aliphatic rings. The van der Waals surface area contributed by atoms with E-state index in [4.69, 9.17) is 4.74 Å². The molecular weight excluding hydrogens is 314 g/mol. The molecule has 0 bridgehead atoms. The van der Waals surface area contributed by atoms with Crippen molar-refractivity contribution in [1.82, 2.24) is 4.72 Å². The third-order valence-electron chi connectivity index (χ3n) is 3.29. The lowest BCUT2D eigenvalue weighted by molar-refractivity contribution is 0.0977. The number of carbonyl (C=O) groups is 1. The Bertz CT molecular complexity index is 828. The molecule has 0 fully saturated rings. The lowest BCUT2D eigenvalue weighted by Gasteiger charge is -2.12. The van der Waals surface area contributed by atoms with E-state index in [0.29, 0.717) is 17.9 Å². The van der Waals surface area contributed by atoms with Crippen LogP contribution in [0.2, 0.25) is 0 Å². The van der Waals surface area contributed by atoms with Crippen LogP contribution in [-0.4, -0.2) is 20.9 Å². The smallest absolute Gasteiger partial charge is 0.268 e. The fourth-order valence-electron chi connectivity index (χ4n) is 2.16. The van der Waals surface area contributed by atoms with Crippen LogP contribution in [0.1, 0.15) is 28.4 Å². The summed E-state index contributed by atoms with van der Waals surface area (Å²) >= 11 is 0. The molecule has 122 valence electrons. The molecule has 2 rings (SSSR count). The van der Waals surface area contributed by atoms with Crippen LogP contribution in [0.15, 0.2) is 47.4 Å². The second kappa shape index (κ2) is 6.83. The highest BCUT2D eigenvalue weighted by Gasteiger charge is 2.22. The normalized spacial score (nSPS) is 11.1. The van der Waals surface area contributed by atoms with Gasteiger partial charge in [0.05, 0.1) is 17.1 Å². The van der Waals surface area contributed by atoms with Crippen LogP contribution in [0.5, 0.6) is 5.75 Å². The number of aryl methyl sites for hydroxylation is 2. The number of sulfonamides is 1. The number of hydrogen-bond acceptors (Lipinski definition) is 4. The molecule has 0 saturated heterocycles. The minimum absolute atomic E-state index is 0.0970. The Kier molecular flexibility index (Phi) is 5.05. The molecule has 0 saturated carbocycles. The molecule has 0 aliphatic heterocycles. The molecule has 5 nitrogen and oxygen atoms in total. The highest BCUT2D eigenvalue weighted by atomic mass is 32.2. The van der Waals surface area contributed by atoms with Gasteiger partial charge >= 0.3 is 0 Å². The molecule has 0 spiro atoms. The zero-order valence-corrected chi connectivity index (χ0v) is 14.1. The van der Waals surface area contributed by atoms with E-state index in [1.165, 1.54) is 6.07 Å². The summed E-state index contributed by atoms with van der Waals surface area (Å²) in [6.45, 7) is 5.66. The van der Waals surface area contributed by atoms with E-state index in [9.17, 15) is 13.2 Å². The van der Waals surface area contributed by atoms with Crippen molar-refractivity contribution >= 4 is 15.9 Å². The number of nitrogens with one attached hydrogen (secondary N) is 1. The highest BCUT2D eigenvalue weighted by molar-refractivity contribution is 7.90. The van der Waals surface area contributed by atoms with E-state index < -0.39 is 15.9 Å². The quantitative estimate of drug-likeness (QED) is 0.913. The van der Waals surface area contributed by atoms with Crippen molar-refractivity contribution in [3.8, 4) is 5.75 Å². The third-order valence-corrected chi connectivity index (χ3v) is 4.76. The standard InChI is InChI=1S/C17H19NO4S/c1-4-22-15-8-6-5-7-14(15)17(19)18-23(20,21)16-11-12(2)9-10-13(16)3/h5-11H,4H2,1-3H3,(H,18,19). The molecule has 0 radical (unpaired) electrons. The topological polar surface area (TPSA) is 72.5 Å². The fraction of sp³-hybridized carbons (Fsp3) is 0.235. The van der Waals surface area contributed by atoms with Crippen LogP contribution in [0.25, 0.3) is 0 Å². The van der Waals surface area contributed by atoms with Crippen LogP contribution >= 0.6 is 0 Å². The Balaban J connectivity index is 2.34. The number of amides is 1. The number of ether oxygens (including phenoxy) is 1. The minimum Gasteiger partial charge on any atom is -0.493 e. The Morgan fingerprint density at radius 3 is 2.52 bits per heavy atom. The Morgan fingerprint density at radius 1 is 1.13 bits per heavy atom. The zero-order valence-electron chi connectivity index (χ0n) is 13.3. The molecule has 0 atom stereocenters. The minimum atomic E-state index is -3.95. The molecule has 1 N–H and O–H groups in total. The molecule has 0 unspecified atom stereocenters. The average Bonchev–Trinajstić information content (AvgIpc) is 2.50. The number of para-hydroxylation sites is 1. The summed E-state index contributed by atoms with van der Waals surface area (Å²) in [5.41, 5.74) is 1.57. The molecule has 0 heterocycles. The molecule has 1 amide bonds. The Hall–Kier alpha value is -2.34. The van der Waals surface area contributed by atoms with Crippen LogP contribution < -0.4 is 9.46 Å². The van der Waals surface area contributed by atoms with E-state index in [-0.39, 0.29) is 10.5 Å². The number of benzene rings is 2. The molecule has 2 aromatic rings. The SMILES string of the molecule is CCOc1ccccc1C(=O)NS(=O)(=O)c1cc(C)ccc1C. The van der Waals surface area contributed by atoms with E-state index >= 15 is 0 Å². The maximum atomic E-state index is 12.5. The molecular formula is C17H19NO4S. The van der Waals surface area contributed by atoms with Gasteiger partial charge in [0.15, 0.2) is 0 Å². The van der Waals surface area contributed by atoms with Gasteiger partial charge in [-0.05, 0) is 50.1 Å². The van der Waals surface area contributed by atoms with Crippen molar-refractivity contribution in [3.63, 3.8) is 0 Å².